The van der Waals surface area contributed by atoms with E-state index in [2.05, 4.69) is 13.0 Å². The molecule has 0 amide bonds. The Labute approximate surface area is 89.0 Å². The van der Waals surface area contributed by atoms with Gasteiger partial charge in [-0.3, -0.25) is 0 Å². The molecule has 2 N–H and O–H groups in total. The maximum Gasteiger partial charge on any atom is 0.141 e. The fourth-order valence-corrected chi connectivity index (χ4v) is 2.10. The summed E-state index contributed by atoms with van der Waals surface area (Å²) in [7, 11) is 0. The molecule has 1 heterocycles. The molecular weight excluding hydrogens is 198 g/mol. The Kier molecular flexibility index (Phi) is 2.66. The second kappa shape index (κ2) is 3.79. The zero-order valence-electron chi connectivity index (χ0n) is 8.16. The molecule has 1 aliphatic rings. The van der Waals surface area contributed by atoms with E-state index in [1.165, 1.54) is 5.56 Å². The summed E-state index contributed by atoms with van der Waals surface area (Å²) in [6.07, 6.45) is 0. The van der Waals surface area contributed by atoms with E-state index in [1.54, 1.807) is 0 Å². The van der Waals surface area contributed by atoms with Gasteiger partial charge < -0.3 is 10.5 Å². The summed E-state index contributed by atoms with van der Waals surface area (Å²) in [4.78, 5) is 0. The monoisotopic (exact) mass is 211 g/mol. The summed E-state index contributed by atoms with van der Waals surface area (Å²) in [6.45, 7) is 3.53. The van der Waals surface area contributed by atoms with Crippen LogP contribution in [0.15, 0.2) is 18.2 Å². The van der Waals surface area contributed by atoms with Crippen molar-refractivity contribution >= 4 is 11.6 Å². The van der Waals surface area contributed by atoms with E-state index in [1.807, 2.05) is 12.1 Å². The summed E-state index contributed by atoms with van der Waals surface area (Å²) in [5.74, 6) is 1.68. The zero-order valence-corrected chi connectivity index (χ0v) is 8.92. The Morgan fingerprint density at radius 3 is 3.14 bits per heavy atom. The normalized spacial score (nSPS) is 21.5. The molecule has 2 rings (SSSR count). The number of nitrogens with two attached hydrogens (primary N) is 1. The molecule has 2 unspecified atom stereocenters. The minimum absolute atomic E-state index is 0.397. The molecule has 2 nitrogen and oxygen atoms in total. The van der Waals surface area contributed by atoms with Gasteiger partial charge in [-0.05, 0) is 18.5 Å². The van der Waals surface area contributed by atoms with Crippen LogP contribution in [-0.2, 0) is 0 Å². The number of benzene rings is 1. The van der Waals surface area contributed by atoms with Crippen LogP contribution in [0.25, 0.3) is 0 Å². The van der Waals surface area contributed by atoms with Gasteiger partial charge in [-0.1, -0.05) is 30.7 Å². The molecule has 1 aromatic rings. The fourth-order valence-electron chi connectivity index (χ4n) is 1.87. The lowest BCUT2D eigenvalue weighted by molar-refractivity contribution is 0.299. The average Bonchev–Trinajstić information content (AvgIpc) is 2.62. The highest BCUT2D eigenvalue weighted by Gasteiger charge is 2.29. The molecule has 1 aromatic carbocycles. The van der Waals surface area contributed by atoms with Crippen molar-refractivity contribution in [2.24, 2.45) is 11.7 Å². The molecule has 0 spiro atoms. The summed E-state index contributed by atoms with van der Waals surface area (Å²) < 4.78 is 5.58. The van der Waals surface area contributed by atoms with Crippen LogP contribution < -0.4 is 10.5 Å². The van der Waals surface area contributed by atoms with Crippen LogP contribution in [0.1, 0.15) is 18.4 Å². The van der Waals surface area contributed by atoms with E-state index in [0.717, 1.165) is 5.75 Å². The Bertz CT molecular complexity index is 340. The molecule has 0 aliphatic carbocycles. The van der Waals surface area contributed by atoms with Crippen LogP contribution in [0.3, 0.4) is 0 Å². The first-order valence-electron chi connectivity index (χ1n) is 4.85. The van der Waals surface area contributed by atoms with Crippen molar-refractivity contribution in [3.05, 3.63) is 28.8 Å². The Hall–Kier alpha value is -0.730. The van der Waals surface area contributed by atoms with Gasteiger partial charge >= 0.3 is 0 Å². The van der Waals surface area contributed by atoms with Crippen molar-refractivity contribution in [3.63, 3.8) is 0 Å². The van der Waals surface area contributed by atoms with Crippen molar-refractivity contribution < 1.29 is 4.74 Å². The smallest absolute Gasteiger partial charge is 0.141 e. The first-order valence-corrected chi connectivity index (χ1v) is 5.23. The highest BCUT2D eigenvalue weighted by molar-refractivity contribution is 6.32. The Morgan fingerprint density at radius 2 is 2.43 bits per heavy atom. The topological polar surface area (TPSA) is 35.2 Å². The first-order chi connectivity index (χ1) is 6.74. The van der Waals surface area contributed by atoms with E-state index in [-0.39, 0.29) is 0 Å². The van der Waals surface area contributed by atoms with E-state index in [9.17, 15) is 0 Å². The predicted octanol–water partition coefficient (Wildman–Crippen LogP) is 2.41. The quantitative estimate of drug-likeness (QED) is 0.816. The molecule has 0 aromatic heterocycles. The summed E-state index contributed by atoms with van der Waals surface area (Å²) in [6, 6.07) is 5.90. The first kappa shape index (κ1) is 9.81. The third-order valence-corrected chi connectivity index (χ3v) is 3.16. The van der Waals surface area contributed by atoms with Gasteiger partial charge in [0.2, 0.25) is 0 Å². The maximum atomic E-state index is 6.03. The van der Waals surface area contributed by atoms with Crippen LogP contribution in [0.2, 0.25) is 5.02 Å². The summed E-state index contributed by atoms with van der Waals surface area (Å²) in [5.41, 5.74) is 6.86. The van der Waals surface area contributed by atoms with Crippen LogP contribution in [-0.4, -0.2) is 13.2 Å². The zero-order chi connectivity index (χ0) is 10.1. The Morgan fingerprint density at radius 1 is 1.64 bits per heavy atom. The van der Waals surface area contributed by atoms with Crippen molar-refractivity contribution in [2.45, 2.75) is 12.8 Å². The average molecular weight is 212 g/mol. The fraction of sp³-hybridized carbons (Fsp3) is 0.455. The van der Waals surface area contributed by atoms with Crippen LogP contribution in [0.4, 0.5) is 0 Å². The third-order valence-electron chi connectivity index (χ3n) is 2.86. The molecule has 2 atom stereocenters. The minimum atomic E-state index is 0.397. The number of hydrogen-bond donors (Lipinski definition) is 1. The molecule has 3 heteroatoms. The van der Waals surface area contributed by atoms with Crippen molar-refractivity contribution in [3.8, 4) is 5.75 Å². The number of halogens is 1. The lowest BCUT2D eigenvalue weighted by Gasteiger charge is -2.15. The molecule has 0 fully saturated rings. The lowest BCUT2D eigenvalue weighted by atomic mass is 9.89. The van der Waals surface area contributed by atoms with Gasteiger partial charge in [0.1, 0.15) is 5.75 Å². The predicted molar refractivity (Wildman–Crippen MR) is 57.9 cm³/mol. The van der Waals surface area contributed by atoms with Crippen LogP contribution >= 0.6 is 11.6 Å². The summed E-state index contributed by atoms with van der Waals surface area (Å²) in [5, 5.41) is 0.703. The Balaban J connectivity index is 2.35. The van der Waals surface area contributed by atoms with Gasteiger partial charge in [0.05, 0.1) is 11.6 Å². The van der Waals surface area contributed by atoms with Gasteiger partial charge in [-0.2, -0.15) is 0 Å². The van der Waals surface area contributed by atoms with Gasteiger partial charge in [0.15, 0.2) is 0 Å². The lowest BCUT2D eigenvalue weighted by Crippen LogP contribution is -2.20. The number of rotatable bonds is 2. The SMILES string of the molecule is CC(CN)C1COc2c(Cl)cccc21. The molecule has 14 heavy (non-hydrogen) atoms. The molecular formula is C11H14ClNO. The van der Waals surface area contributed by atoms with Crippen LogP contribution in [0.5, 0.6) is 5.75 Å². The number of hydrogen-bond acceptors (Lipinski definition) is 2. The third kappa shape index (κ3) is 1.49. The van der Waals surface area contributed by atoms with Gasteiger partial charge in [0.25, 0.3) is 0 Å². The van der Waals surface area contributed by atoms with E-state index >= 15 is 0 Å². The summed E-state index contributed by atoms with van der Waals surface area (Å²) >= 11 is 6.03. The number of ether oxygens (including phenoxy) is 1. The van der Waals surface area contributed by atoms with E-state index in [0.29, 0.717) is 30.0 Å². The second-order valence-corrected chi connectivity index (χ2v) is 4.20. The highest BCUT2D eigenvalue weighted by Crippen LogP contribution is 2.42. The van der Waals surface area contributed by atoms with Gasteiger partial charge in [-0.25, -0.2) is 0 Å². The van der Waals surface area contributed by atoms with Gasteiger partial charge in [0, 0.05) is 11.5 Å². The molecule has 0 radical (unpaired) electrons. The van der Waals surface area contributed by atoms with Crippen molar-refractivity contribution in [1.29, 1.82) is 0 Å². The number of fused-ring (bicyclic) bond motifs is 1. The second-order valence-electron chi connectivity index (χ2n) is 3.79. The van der Waals surface area contributed by atoms with Crippen molar-refractivity contribution in [2.75, 3.05) is 13.2 Å². The molecule has 76 valence electrons. The van der Waals surface area contributed by atoms with E-state index in [4.69, 9.17) is 22.1 Å². The highest BCUT2D eigenvalue weighted by atomic mass is 35.5. The van der Waals surface area contributed by atoms with Gasteiger partial charge in [-0.15, -0.1) is 0 Å². The largest absolute Gasteiger partial charge is 0.491 e. The molecule has 1 aliphatic heterocycles. The molecule has 0 bridgehead atoms. The minimum Gasteiger partial charge on any atom is -0.491 e. The standard InChI is InChI=1S/C11H14ClNO/c1-7(5-13)9-6-14-11-8(9)3-2-4-10(11)12/h2-4,7,9H,5-6,13H2,1H3. The number of para-hydroxylation sites is 1. The molecule has 0 saturated carbocycles. The molecule has 0 saturated heterocycles. The van der Waals surface area contributed by atoms with E-state index < -0.39 is 0 Å². The van der Waals surface area contributed by atoms with Crippen LogP contribution in [0, 0.1) is 5.92 Å². The van der Waals surface area contributed by atoms with Crippen molar-refractivity contribution in [1.82, 2.24) is 0 Å². The maximum absolute atomic E-state index is 6.03.